The quantitative estimate of drug-likeness (QED) is 0.854. The molecular formula is C19H21ClN4O3. The van der Waals surface area contributed by atoms with Crippen LogP contribution in [0.25, 0.3) is 0 Å². The van der Waals surface area contributed by atoms with Gasteiger partial charge in [0.05, 0.1) is 18.7 Å². The van der Waals surface area contributed by atoms with Gasteiger partial charge in [0.25, 0.3) is 0 Å². The van der Waals surface area contributed by atoms with Crippen LogP contribution in [0.5, 0.6) is 0 Å². The van der Waals surface area contributed by atoms with Crippen LogP contribution in [0.2, 0.25) is 5.02 Å². The van der Waals surface area contributed by atoms with Crippen LogP contribution in [-0.4, -0.2) is 41.4 Å². The first-order valence-electron chi connectivity index (χ1n) is 9.06. The van der Waals surface area contributed by atoms with Crippen LogP contribution in [0.15, 0.2) is 36.5 Å². The molecule has 0 spiro atoms. The molecule has 2 atom stereocenters. The molecule has 0 bridgehead atoms. The Morgan fingerprint density at radius 1 is 1.37 bits per heavy atom. The average Bonchev–Trinajstić information content (AvgIpc) is 3.38. The summed E-state index contributed by atoms with van der Waals surface area (Å²) >= 11 is 6.02. The van der Waals surface area contributed by atoms with E-state index in [4.69, 9.17) is 16.3 Å². The van der Waals surface area contributed by atoms with Gasteiger partial charge in [-0.3, -0.25) is 9.59 Å². The Morgan fingerprint density at radius 3 is 3.04 bits per heavy atom. The second-order valence-corrected chi connectivity index (χ2v) is 7.44. The van der Waals surface area contributed by atoms with E-state index in [9.17, 15) is 9.59 Å². The highest BCUT2D eigenvalue weighted by molar-refractivity contribution is 6.31. The monoisotopic (exact) mass is 388 g/mol. The standard InChI is InChI=1S/C19H21ClN4O3/c20-15-2-1-3-16(9-15)23-11-14(8-18(23)25)19(26)22-17-4-6-21-24(17)10-13-5-7-27-12-13/h1-4,6,9,13-14H,5,7-8,10-12H2,(H,22,26)/t13-,14-/m0/s1. The highest BCUT2D eigenvalue weighted by Crippen LogP contribution is 2.28. The minimum atomic E-state index is -0.408. The van der Waals surface area contributed by atoms with Gasteiger partial charge in [0.2, 0.25) is 11.8 Å². The number of hydrogen-bond acceptors (Lipinski definition) is 4. The van der Waals surface area contributed by atoms with Crippen molar-refractivity contribution >= 4 is 34.9 Å². The number of halogens is 1. The number of anilines is 2. The summed E-state index contributed by atoms with van der Waals surface area (Å²) in [7, 11) is 0. The maximum atomic E-state index is 12.7. The van der Waals surface area contributed by atoms with Gasteiger partial charge in [-0.15, -0.1) is 0 Å². The Morgan fingerprint density at radius 2 is 2.26 bits per heavy atom. The molecule has 0 unspecified atom stereocenters. The molecule has 2 fully saturated rings. The number of nitrogens with one attached hydrogen (secondary N) is 1. The molecule has 2 saturated heterocycles. The molecule has 1 aromatic carbocycles. The number of aromatic nitrogens is 2. The Hall–Kier alpha value is -2.38. The fourth-order valence-electron chi connectivity index (χ4n) is 3.56. The number of nitrogens with zero attached hydrogens (tertiary/aromatic N) is 3. The molecule has 3 heterocycles. The second-order valence-electron chi connectivity index (χ2n) is 7.00. The molecule has 1 aromatic heterocycles. The summed E-state index contributed by atoms with van der Waals surface area (Å²) in [5.41, 5.74) is 0.717. The van der Waals surface area contributed by atoms with Gasteiger partial charge < -0.3 is 15.0 Å². The van der Waals surface area contributed by atoms with E-state index >= 15 is 0 Å². The van der Waals surface area contributed by atoms with Crippen LogP contribution < -0.4 is 10.2 Å². The van der Waals surface area contributed by atoms with Gasteiger partial charge in [-0.2, -0.15) is 5.10 Å². The number of carbonyl (C=O) groups excluding carboxylic acids is 2. The predicted molar refractivity (Wildman–Crippen MR) is 102 cm³/mol. The molecule has 27 heavy (non-hydrogen) atoms. The smallest absolute Gasteiger partial charge is 0.230 e. The Balaban J connectivity index is 1.41. The lowest BCUT2D eigenvalue weighted by Gasteiger charge is -2.17. The SMILES string of the molecule is O=C(Nc1ccnn1C[C@@H]1CCOC1)[C@H]1CC(=O)N(c2cccc(Cl)c2)C1. The summed E-state index contributed by atoms with van der Waals surface area (Å²) in [6.07, 6.45) is 2.85. The van der Waals surface area contributed by atoms with Crippen molar-refractivity contribution in [1.29, 1.82) is 0 Å². The van der Waals surface area contributed by atoms with Gasteiger partial charge in [-0.1, -0.05) is 17.7 Å². The average molecular weight is 389 g/mol. The van der Waals surface area contributed by atoms with E-state index in [1.165, 1.54) is 0 Å². The van der Waals surface area contributed by atoms with Crippen LogP contribution in [-0.2, 0) is 20.9 Å². The lowest BCUT2D eigenvalue weighted by atomic mass is 10.1. The summed E-state index contributed by atoms with van der Waals surface area (Å²) in [5, 5.41) is 7.79. The van der Waals surface area contributed by atoms with Gasteiger partial charge in [0, 0.05) is 48.8 Å². The van der Waals surface area contributed by atoms with Gasteiger partial charge in [-0.05, 0) is 24.6 Å². The van der Waals surface area contributed by atoms with Crippen molar-refractivity contribution in [2.24, 2.45) is 11.8 Å². The maximum absolute atomic E-state index is 12.7. The van der Waals surface area contributed by atoms with Crippen molar-refractivity contribution in [3.05, 3.63) is 41.6 Å². The molecule has 1 N–H and O–H groups in total. The molecule has 0 saturated carbocycles. The van der Waals surface area contributed by atoms with E-state index in [0.29, 0.717) is 35.5 Å². The second kappa shape index (κ2) is 7.70. The molecule has 7 nitrogen and oxygen atoms in total. The third kappa shape index (κ3) is 3.99. The minimum absolute atomic E-state index is 0.0750. The normalized spacial score (nSPS) is 22.4. The molecule has 2 amide bonds. The van der Waals surface area contributed by atoms with Gasteiger partial charge in [0.15, 0.2) is 0 Å². The number of amides is 2. The zero-order valence-corrected chi connectivity index (χ0v) is 15.6. The molecular weight excluding hydrogens is 368 g/mol. The number of ether oxygens (including phenoxy) is 1. The van der Waals surface area contributed by atoms with E-state index < -0.39 is 5.92 Å². The van der Waals surface area contributed by atoms with Crippen molar-refractivity contribution in [2.45, 2.75) is 19.4 Å². The van der Waals surface area contributed by atoms with E-state index in [0.717, 1.165) is 19.6 Å². The first-order valence-corrected chi connectivity index (χ1v) is 9.44. The van der Waals surface area contributed by atoms with E-state index in [1.54, 1.807) is 40.0 Å². The number of hydrogen-bond donors (Lipinski definition) is 1. The first kappa shape index (κ1) is 18.0. The summed E-state index contributed by atoms with van der Waals surface area (Å²) in [4.78, 5) is 26.7. The molecule has 2 aliphatic heterocycles. The van der Waals surface area contributed by atoms with Crippen LogP contribution in [0.4, 0.5) is 11.5 Å². The van der Waals surface area contributed by atoms with Crippen molar-refractivity contribution in [1.82, 2.24) is 9.78 Å². The predicted octanol–water partition coefficient (Wildman–Crippen LogP) is 2.56. The molecule has 8 heteroatoms. The Labute approximate surface area is 162 Å². The third-order valence-corrected chi connectivity index (χ3v) is 5.27. The summed E-state index contributed by atoms with van der Waals surface area (Å²) in [6, 6.07) is 8.89. The van der Waals surface area contributed by atoms with Crippen molar-refractivity contribution < 1.29 is 14.3 Å². The van der Waals surface area contributed by atoms with Gasteiger partial charge in [0.1, 0.15) is 5.82 Å². The van der Waals surface area contributed by atoms with Crippen LogP contribution in [0.3, 0.4) is 0 Å². The zero-order valence-electron chi connectivity index (χ0n) is 14.8. The Kier molecular flexibility index (Phi) is 5.13. The molecule has 2 aromatic rings. The highest BCUT2D eigenvalue weighted by atomic mass is 35.5. The summed E-state index contributed by atoms with van der Waals surface area (Å²) < 4.78 is 7.20. The molecule has 0 aliphatic carbocycles. The van der Waals surface area contributed by atoms with Crippen LogP contribution in [0.1, 0.15) is 12.8 Å². The zero-order chi connectivity index (χ0) is 18.8. The van der Waals surface area contributed by atoms with Crippen LogP contribution >= 0.6 is 11.6 Å². The van der Waals surface area contributed by atoms with Crippen LogP contribution in [0, 0.1) is 11.8 Å². The molecule has 4 rings (SSSR count). The molecule has 142 valence electrons. The van der Waals surface area contributed by atoms with E-state index in [-0.39, 0.29) is 18.2 Å². The van der Waals surface area contributed by atoms with Crippen molar-refractivity contribution in [3.63, 3.8) is 0 Å². The van der Waals surface area contributed by atoms with E-state index in [1.807, 2.05) is 6.07 Å². The number of benzene rings is 1. The molecule has 0 radical (unpaired) electrons. The topological polar surface area (TPSA) is 76.5 Å². The third-order valence-electron chi connectivity index (χ3n) is 5.04. The highest BCUT2D eigenvalue weighted by Gasteiger charge is 2.35. The number of carbonyl (C=O) groups is 2. The summed E-state index contributed by atoms with van der Waals surface area (Å²) in [6.45, 7) is 2.55. The van der Waals surface area contributed by atoms with Gasteiger partial charge in [-0.25, -0.2) is 4.68 Å². The fraction of sp³-hybridized carbons (Fsp3) is 0.421. The first-order chi connectivity index (χ1) is 13.1. The van der Waals surface area contributed by atoms with Crippen molar-refractivity contribution in [2.75, 3.05) is 30.0 Å². The molecule has 2 aliphatic rings. The van der Waals surface area contributed by atoms with Crippen molar-refractivity contribution in [3.8, 4) is 0 Å². The van der Waals surface area contributed by atoms with E-state index in [2.05, 4.69) is 10.4 Å². The minimum Gasteiger partial charge on any atom is -0.381 e. The largest absolute Gasteiger partial charge is 0.381 e. The number of rotatable bonds is 5. The summed E-state index contributed by atoms with van der Waals surface area (Å²) in [5.74, 6) is 0.411. The Bertz CT molecular complexity index is 847. The fourth-order valence-corrected chi connectivity index (χ4v) is 3.75. The maximum Gasteiger partial charge on any atom is 0.230 e. The van der Waals surface area contributed by atoms with Gasteiger partial charge >= 0.3 is 0 Å². The lowest BCUT2D eigenvalue weighted by Crippen LogP contribution is -2.29. The lowest BCUT2D eigenvalue weighted by molar-refractivity contribution is -0.122.